The fourth-order valence-electron chi connectivity index (χ4n) is 2.60. The van der Waals surface area contributed by atoms with Gasteiger partial charge in [-0.2, -0.15) is 0 Å². The summed E-state index contributed by atoms with van der Waals surface area (Å²) in [6, 6.07) is 12.3. The number of imidazole rings is 1. The second kappa shape index (κ2) is 6.20. The highest BCUT2D eigenvalue weighted by Gasteiger charge is 2.11. The monoisotopic (exact) mass is 295 g/mol. The molecule has 0 atom stereocenters. The standard InChI is InChI=1S/C18H21N3O/c1-13-5-7-15(8-6-13)12-22-17-4-3-11-21-16(9-10-19)14(2)20-18(17)21/h3-8,11H,9-10,12,19H2,1-2H3. The first-order chi connectivity index (χ1) is 10.7. The lowest BCUT2D eigenvalue weighted by molar-refractivity contribution is 0.308. The molecule has 4 heteroatoms. The number of fused-ring (bicyclic) bond motifs is 1. The summed E-state index contributed by atoms with van der Waals surface area (Å²) in [4.78, 5) is 4.64. The van der Waals surface area contributed by atoms with E-state index in [2.05, 4.69) is 40.6 Å². The number of nitrogens with two attached hydrogens (primary N) is 1. The van der Waals surface area contributed by atoms with E-state index in [0.29, 0.717) is 13.2 Å². The van der Waals surface area contributed by atoms with Crippen LogP contribution < -0.4 is 10.5 Å². The summed E-state index contributed by atoms with van der Waals surface area (Å²) in [7, 11) is 0. The van der Waals surface area contributed by atoms with E-state index in [1.165, 1.54) is 5.56 Å². The van der Waals surface area contributed by atoms with Gasteiger partial charge in [0.05, 0.1) is 5.69 Å². The van der Waals surface area contributed by atoms with Crippen LogP contribution in [0.25, 0.3) is 5.65 Å². The molecule has 0 saturated heterocycles. The Balaban J connectivity index is 1.87. The third-order valence-corrected chi connectivity index (χ3v) is 3.81. The van der Waals surface area contributed by atoms with Gasteiger partial charge in [-0.15, -0.1) is 0 Å². The maximum Gasteiger partial charge on any atom is 0.180 e. The van der Waals surface area contributed by atoms with Crippen molar-refractivity contribution in [1.82, 2.24) is 9.38 Å². The summed E-state index contributed by atoms with van der Waals surface area (Å²) in [5, 5.41) is 0. The molecule has 0 unspecified atom stereocenters. The Morgan fingerprint density at radius 3 is 2.64 bits per heavy atom. The largest absolute Gasteiger partial charge is 0.485 e. The van der Waals surface area contributed by atoms with E-state index in [4.69, 9.17) is 10.5 Å². The summed E-state index contributed by atoms with van der Waals surface area (Å²) < 4.78 is 8.05. The molecule has 3 rings (SSSR count). The number of benzene rings is 1. The van der Waals surface area contributed by atoms with Crippen LogP contribution in [0.4, 0.5) is 0 Å². The molecular formula is C18H21N3O. The van der Waals surface area contributed by atoms with Gasteiger partial charge in [-0.3, -0.25) is 0 Å². The highest BCUT2D eigenvalue weighted by atomic mass is 16.5. The molecule has 0 aliphatic heterocycles. The van der Waals surface area contributed by atoms with Crippen molar-refractivity contribution in [3.63, 3.8) is 0 Å². The Morgan fingerprint density at radius 2 is 1.91 bits per heavy atom. The van der Waals surface area contributed by atoms with Crippen molar-refractivity contribution in [3.05, 3.63) is 65.1 Å². The molecule has 2 N–H and O–H groups in total. The zero-order chi connectivity index (χ0) is 15.5. The SMILES string of the molecule is Cc1ccc(COc2cccn3c(CCN)c(C)nc23)cc1. The average molecular weight is 295 g/mol. The van der Waals surface area contributed by atoms with Crippen molar-refractivity contribution in [2.24, 2.45) is 5.73 Å². The molecule has 3 aromatic rings. The number of aromatic nitrogens is 2. The van der Waals surface area contributed by atoms with Crippen LogP contribution in [-0.4, -0.2) is 15.9 Å². The van der Waals surface area contributed by atoms with Gasteiger partial charge >= 0.3 is 0 Å². The van der Waals surface area contributed by atoms with Crippen molar-refractivity contribution in [3.8, 4) is 5.75 Å². The van der Waals surface area contributed by atoms with Gasteiger partial charge in [0.2, 0.25) is 0 Å². The van der Waals surface area contributed by atoms with E-state index in [-0.39, 0.29) is 0 Å². The van der Waals surface area contributed by atoms with Crippen molar-refractivity contribution in [2.45, 2.75) is 26.9 Å². The van der Waals surface area contributed by atoms with E-state index >= 15 is 0 Å². The van der Waals surface area contributed by atoms with Gasteiger partial charge in [-0.25, -0.2) is 4.98 Å². The van der Waals surface area contributed by atoms with Gasteiger partial charge in [0.1, 0.15) is 6.61 Å². The van der Waals surface area contributed by atoms with Crippen LogP contribution >= 0.6 is 0 Å². The smallest absolute Gasteiger partial charge is 0.180 e. The molecule has 0 fully saturated rings. The van der Waals surface area contributed by atoms with E-state index in [1.54, 1.807) is 0 Å². The second-order valence-electron chi connectivity index (χ2n) is 5.52. The fourth-order valence-corrected chi connectivity index (χ4v) is 2.60. The summed E-state index contributed by atoms with van der Waals surface area (Å²) in [5.74, 6) is 0.800. The first-order valence-corrected chi connectivity index (χ1v) is 7.54. The molecule has 114 valence electrons. The highest BCUT2D eigenvalue weighted by molar-refractivity contribution is 5.56. The van der Waals surface area contributed by atoms with E-state index < -0.39 is 0 Å². The molecule has 2 aromatic heterocycles. The highest BCUT2D eigenvalue weighted by Crippen LogP contribution is 2.23. The van der Waals surface area contributed by atoms with Crippen LogP contribution in [0.1, 0.15) is 22.5 Å². The summed E-state index contributed by atoms with van der Waals surface area (Å²) >= 11 is 0. The minimum absolute atomic E-state index is 0.540. The zero-order valence-electron chi connectivity index (χ0n) is 13.0. The third kappa shape index (κ3) is 2.83. The van der Waals surface area contributed by atoms with Crippen LogP contribution in [0, 0.1) is 13.8 Å². The molecule has 0 aliphatic carbocycles. The van der Waals surface area contributed by atoms with E-state index in [0.717, 1.165) is 34.8 Å². The Bertz CT molecular complexity index is 775. The summed E-state index contributed by atoms with van der Waals surface area (Å²) in [6.45, 7) is 5.25. The maximum absolute atomic E-state index is 5.98. The molecule has 0 aliphatic rings. The Hall–Kier alpha value is -2.33. The first kappa shape index (κ1) is 14.6. The lowest BCUT2D eigenvalue weighted by atomic mass is 10.2. The number of aryl methyl sites for hydroxylation is 2. The molecule has 0 radical (unpaired) electrons. The predicted molar refractivity (Wildman–Crippen MR) is 88.2 cm³/mol. The van der Waals surface area contributed by atoms with Crippen molar-refractivity contribution in [1.29, 1.82) is 0 Å². The summed E-state index contributed by atoms with van der Waals surface area (Å²) in [5.41, 5.74) is 11.1. The second-order valence-corrected chi connectivity index (χ2v) is 5.52. The maximum atomic E-state index is 5.98. The van der Waals surface area contributed by atoms with Gasteiger partial charge in [-0.1, -0.05) is 29.8 Å². The molecular weight excluding hydrogens is 274 g/mol. The number of ether oxygens (including phenoxy) is 1. The van der Waals surface area contributed by atoms with Crippen LogP contribution in [0.2, 0.25) is 0 Å². The molecule has 4 nitrogen and oxygen atoms in total. The van der Waals surface area contributed by atoms with E-state index in [9.17, 15) is 0 Å². The number of pyridine rings is 1. The number of rotatable bonds is 5. The Kier molecular flexibility index (Phi) is 4.11. The third-order valence-electron chi connectivity index (χ3n) is 3.81. The van der Waals surface area contributed by atoms with Crippen molar-refractivity contribution >= 4 is 5.65 Å². The van der Waals surface area contributed by atoms with Crippen LogP contribution in [0.5, 0.6) is 5.75 Å². The van der Waals surface area contributed by atoms with Gasteiger partial charge in [0.15, 0.2) is 11.4 Å². The summed E-state index contributed by atoms with van der Waals surface area (Å²) in [6.07, 6.45) is 2.83. The predicted octanol–water partition coefficient (Wildman–Crippen LogP) is 3.03. The van der Waals surface area contributed by atoms with Crippen LogP contribution in [-0.2, 0) is 13.0 Å². The Morgan fingerprint density at radius 1 is 1.14 bits per heavy atom. The van der Waals surface area contributed by atoms with Gasteiger partial charge in [-0.05, 0) is 38.1 Å². The molecule has 0 saturated carbocycles. The minimum Gasteiger partial charge on any atom is -0.485 e. The molecule has 0 amide bonds. The molecule has 1 aromatic carbocycles. The Labute approximate surface area is 130 Å². The quantitative estimate of drug-likeness (QED) is 0.787. The normalized spacial score (nSPS) is 11.0. The van der Waals surface area contributed by atoms with E-state index in [1.807, 2.05) is 25.3 Å². The number of nitrogens with zero attached hydrogens (tertiary/aromatic N) is 2. The minimum atomic E-state index is 0.540. The van der Waals surface area contributed by atoms with Crippen LogP contribution in [0.15, 0.2) is 42.6 Å². The topological polar surface area (TPSA) is 52.5 Å². The van der Waals surface area contributed by atoms with Gasteiger partial charge in [0, 0.05) is 18.3 Å². The molecule has 2 heterocycles. The fraction of sp³-hybridized carbons (Fsp3) is 0.278. The molecule has 0 spiro atoms. The molecule has 22 heavy (non-hydrogen) atoms. The number of hydrogen-bond acceptors (Lipinski definition) is 3. The van der Waals surface area contributed by atoms with Gasteiger partial charge < -0.3 is 14.9 Å². The lowest BCUT2D eigenvalue weighted by Gasteiger charge is -2.08. The van der Waals surface area contributed by atoms with Crippen molar-refractivity contribution in [2.75, 3.05) is 6.54 Å². The molecule has 0 bridgehead atoms. The van der Waals surface area contributed by atoms with Gasteiger partial charge in [0.25, 0.3) is 0 Å². The van der Waals surface area contributed by atoms with Crippen LogP contribution in [0.3, 0.4) is 0 Å². The average Bonchev–Trinajstić information content (AvgIpc) is 2.84. The lowest BCUT2D eigenvalue weighted by Crippen LogP contribution is -2.06. The van der Waals surface area contributed by atoms with Crippen molar-refractivity contribution < 1.29 is 4.74 Å². The first-order valence-electron chi connectivity index (χ1n) is 7.54. The number of hydrogen-bond donors (Lipinski definition) is 1. The zero-order valence-corrected chi connectivity index (χ0v) is 13.0.